The first-order chi connectivity index (χ1) is 10.2. The zero-order chi connectivity index (χ0) is 15.1. The summed E-state index contributed by atoms with van der Waals surface area (Å²) in [6.07, 6.45) is 9.41. The van der Waals surface area contributed by atoms with E-state index in [0.29, 0.717) is 6.42 Å². The maximum Gasteiger partial charge on any atom is 0.220 e. The second kappa shape index (κ2) is 7.57. The predicted molar refractivity (Wildman–Crippen MR) is 81.6 cm³/mol. The molecule has 2 aromatic heterocycles. The van der Waals surface area contributed by atoms with Gasteiger partial charge in [0.15, 0.2) is 0 Å². The summed E-state index contributed by atoms with van der Waals surface area (Å²) in [5, 5.41) is 3.06. The lowest BCUT2D eigenvalue weighted by Gasteiger charge is -2.16. The van der Waals surface area contributed by atoms with Gasteiger partial charge in [-0.15, -0.1) is 0 Å². The molecule has 0 radical (unpaired) electrons. The third kappa shape index (κ3) is 4.70. The van der Waals surface area contributed by atoms with Gasteiger partial charge in [-0.1, -0.05) is 13.0 Å². The zero-order valence-electron chi connectivity index (χ0n) is 12.6. The van der Waals surface area contributed by atoms with E-state index in [0.717, 1.165) is 30.6 Å². The Balaban J connectivity index is 1.80. The molecule has 1 unspecified atom stereocenters. The number of amides is 1. The summed E-state index contributed by atoms with van der Waals surface area (Å²) in [6.45, 7) is 4.87. The Hall–Kier alpha value is -2.17. The van der Waals surface area contributed by atoms with Crippen molar-refractivity contribution < 1.29 is 4.79 Å². The lowest BCUT2D eigenvalue weighted by Crippen LogP contribution is -2.28. The number of aromatic nitrogens is 3. The Bertz CT molecular complexity index is 548. The number of carbonyl (C=O) groups is 1. The molecule has 0 bridgehead atoms. The molecule has 0 aliphatic rings. The number of imidazole rings is 1. The van der Waals surface area contributed by atoms with Crippen LogP contribution in [0, 0.1) is 6.92 Å². The highest BCUT2D eigenvalue weighted by atomic mass is 16.1. The minimum atomic E-state index is -0.00801. The third-order valence-electron chi connectivity index (χ3n) is 3.41. The number of aryl methyl sites for hydroxylation is 2. The van der Waals surface area contributed by atoms with Crippen molar-refractivity contribution in [2.24, 2.45) is 0 Å². The highest BCUT2D eigenvalue weighted by molar-refractivity contribution is 5.76. The fraction of sp³-hybridized carbons (Fsp3) is 0.438. The van der Waals surface area contributed by atoms with Crippen LogP contribution in [0.1, 0.15) is 43.5 Å². The van der Waals surface area contributed by atoms with Crippen molar-refractivity contribution in [1.82, 2.24) is 19.9 Å². The second-order valence-electron chi connectivity index (χ2n) is 5.19. The molecule has 2 rings (SSSR count). The largest absolute Gasteiger partial charge is 0.348 e. The molecule has 5 heteroatoms. The quantitative estimate of drug-likeness (QED) is 0.851. The molecule has 0 spiro atoms. The van der Waals surface area contributed by atoms with Crippen molar-refractivity contribution in [3.8, 4) is 0 Å². The van der Waals surface area contributed by atoms with Gasteiger partial charge in [-0.2, -0.15) is 0 Å². The molecule has 2 aromatic rings. The maximum atomic E-state index is 12.0. The molecule has 0 aliphatic carbocycles. The van der Waals surface area contributed by atoms with Gasteiger partial charge in [-0.05, 0) is 31.4 Å². The van der Waals surface area contributed by atoms with E-state index in [1.165, 1.54) is 0 Å². The van der Waals surface area contributed by atoms with Crippen LogP contribution >= 0.6 is 0 Å². The number of pyridine rings is 1. The smallest absolute Gasteiger partial charge is 0.220 e. The van der Waals surface area contributed by atoms with Gasteiger partial charge < -0.3 is 9.88 Å². The first-order valence-corrected chi connectivity index (χ1v) is 7.36. The summed E-state index contributed by atoms with van der Waals surface area (Å²) < 4.78 is 1.98. The van der Waals surface area contributed by atoms with Crippen LogP contribution < -0.4 is 5.32 Å². The Morgan fingerprint density at radius 2 is 2.29 bits per heavy atom. The minimum Gasteiger partial charge on any atom is -0.348 e. The average molecular weight is 286 g/mol. The van der Waals surface area contributed by atoms with Crippen LogP contribution in [0.25, 0.3) is 0 Å². The van der Waals surface area contributed by atoms with E-state index < -0.39 is 0 Å². The van der Waals surface area contributed by atoms with E-state index in [1.54, 1.807) is 12.5 Å². The van der Waals surface area contributed by atoms with Crippen molar-refractivity contribution in [2.75, 3.05) is 0 Å². The van der Waals surface area contributed by atoms with Gasteiger partial charge >= 0.3 is 0 Å². The van der Waals surface area contributed by atoms with Crippen LogP contribution in [-0.2, 0) is 11.3 Å². The van der Waals surface area contributed by atoms with Gasteiger partial charge in [0.25, 0.3) is 0 Å². The monoisotopic (exact) mass is 286 g/mol. The number of hydrogen-bond donors (Lipinski definition) is 1. The van der Waals surface area contributed by atoms with E-state index in [2.05, 4.69) is 22.2 Å². The lowest BCUT2D eigenvalue weighted by atomic mass is 10.1. The Morgan fingerprint density at radius 1 is 1.43 bits per heavy atom. The first-order valence-electron chi connectivity index (χ1n) is 7.36. The van der Waals surface area contributed by atoms with E-state index in [-0.39, 0.29) is 11.9 Å². The number of rotatable bonds is 7. The van der Waals surface area contributed by atoms with E-state index in [1.807, 2.05) is 36.0 Å². The molecule has 0 saturated carbocycles. The van der Waals surface area contributed by atoms with Gasteiger partial charge in [-0.25, -0.2) is 4.98 Å². The van der Waals surface area contributed by atoms with Crippen LogP contribution in [0.15, 0.2) is 37.1 Å². The van der Waals surface area contributed by atoms with E-state index in [9.17, 15) is 4.79 Å². The molecule has 21 heavy (non-hydrogen) atoms. The number of carbonyl (C=O) groups excluding carboxylic acids is 1. The van der Waals surface area contributed by atoms with Crippen molar-refractivity contribution in [3.63, 3.8) is 0 Å². The fourth-order valence-electron chi connectivity index (χ4n) is 2.18. The van der Waals surface area contributed by atoms with E-state index in [4.69, 9.17) is 0 Å². The number of nitrogens with one attached hydrogen (secondary N) is 1. The molecule has 1 atom stereocenters. The van der Waals surface area contributed by atoms with Gasteiger partial charge in [0, 0.05) is 31.6 Å². The predicted octanol–water partition coefficient (Wildman–Crippen LogP) is 2.63. The Morgan fingerprint density at radius 3 is 2.90 bits per heavy atom. The van der Waals surface area contributed by atoms with Crippen molar-refractivity contribution in [1.29, 1.82) is 0 Å². The average Bonchev–Trinajstić information content (AvgIpc) is 2.99. The molecule has 2 heterocycles. The molecule has 1 amide bonds. The molecule has 5 nitrogen and oxygen atoms in total. The minimum absolute atomic E-state index is 0.00801. The van der Waals surface area contributed by atoms with Crippen molar-refractivity contribution >= 4 is 5.91 Å². The number of nitrogens with zero attached hydrogens (tertiary/aromatic N) is 3. The molecule has 0 aliphatic heterocycles. The number of hydrogen-bond acceptors (Lipinski definition) is 3. The van der Waals surface area contributed by atoms with Crippen molar-refractivity contribution in [2.45, 2.75) is 45.7 Å². The summed E-state index contributed by atoms with van der Waals surface area (Å²) in [4.78, 5) is 20.4. The highest BCUT2D eigenvalue weighted by Gasteiger charge is 2.13. The van der Waals surface area contributed by atoms with Gasteiger partial charge in [0.2, 0.25) is 5.91 Å². The lowest BCUT2D eigenvalue weighted by molar-refractivity contribution is -0.122. The van der Waals surface area contributed by atoms with Crippen LogP contribution in [0.5, 0.6) is 0 Å². The van der Waals surface area contributed by atoms with Crippen LogP contribution in [0.4, 0.5) is 0 Å². The summed E-state index contributed by atoms with van der Waals surface area (Å²) in [5.41, 5.74) is 2.05. The van der Waals surface area contributed by atoms with E-state index >= 15 is 0 Å². The summed E-state index contributed by atoms with van der Waals surface area (Å²) in [6, 6.07) is 4.00. The normalized spacial score (nSPS) is 12.1. The van der Waals surface area contributed by atoms with Crippen LogP contribution in [0.3, 0.4) is 0 Å². The third-order valence-corrected chi connectivity index (χ3v) is 3.41. The Kier molecular flexibility index (Phi) is 5.49. The van der Waals surface area contributed by atoms with Gasteiger partial charge in [0.05, 0.1) is 18.1 Å². The second-order valence-corrected chi connectivity index (χ2v) is 5.19. The summed E-state index contributed by atoms with van der Waals surface area (Å²) >= 11 is 0. The van der Waals surface area contributed by atoms with Crippen molar-refractivity contribution in [3.05, 3.63) is 48.3 Å². The highest BCUT2D eigenvalue weighted by Crippen LogP contribution is 2.14. The molecule has 1 N–H and O–H groups in total. The van der Waals surface area contributed by atoms with Gasteiger partial charge in [-0.3, -0.25) is 9.78 Å². The van der Waals surface area contributed by atoms with Crippen LogP contribution in [0.2, 0.25) is 0 Å². The summed E-state index contributed by atoms with van der Waals surface area (Å²) in [5.74, 6) is 0.0735. The van der Waals surface area contributed by atoms with Crippen LogP contribution in [-0.4, -0.2) is 20.4 Å². The summed E-state index contributed by atoms with van der Waals surface area (Å²) in [7, 11) is 0. The fourth-order valence-corrected chi connectivity index (χ4v) is 2.18. The SMILES string of the molecule is CCC(NC(=O)CCCn1ccnc1)c1ccc(C)cn1. The molecule has 0 saturated heterocycles. The molecule has 0 fully saturated rings. The first kappa shape index (κ1) is 15.2. The molecule has 112 valence electrons. The maximum absolute atomic E-state index is 12.0. The standard InChI is InChI=1S/C16H22N4O/c1-3-14(15-7-6-13(2)11-18-15)19-16(21)5-4-9-20-10-8-17-12-20/h6-8,10-12,14H,3-5,9H2,1-2H3,(H,19,21). The molecule has 0 aromatic carbocycles. The van der Waals surface area contributed by atoms with Gasteiger partial charge in [0.1, 0.15) is 0 Å². The molecular weight excluding hydrogens is 264 g/mol. The topological polar surface area (TPSA) is 59.8 Å². The Labute approximate surface area is 125 Å². The zero-order valence-corrected chi connectivity index (χ0v) is 12.6. The molecular formula is C16H22N4O.